The van der Waals surface area contributed by atoms with Crippen LogP contribution in [-0.2, 0) is 9.53 Å². The van der Waals surface area contributed by atoms with E-state index in [0.717, 1.165) is 69.6 Å². The third kappa shape index (κ3) is 7.14. The van der Waals surface area contributed by atoms with E-state index in [-0.39, 0.29) is 29.4 Å². The molecule has 1 amide bonds. The van der Waals surface area contributed by atoms with Gasteiger partial charge in [-0.05, 0) is 50.1 Å². The third-order valence-electron chi connectivity index (χ3n) is 7.69. The highest BCUT2D eigenvalue weighted by Crippen LogP contribution is 2.38. The van der Waals surface area contributed by atoms with Crippen LogP contribution in [0.4, 0.5) is 0 Å². The highest BCUT2D eigenvalue weighted by atomic mass is 16.5. The van der Waals surface area contributed by atoms with Gasteiger partial charge in [-0.1, -0.05) is 20.3 Å². The summed E-state index contributed by atoms with van der Waals surface area (Å²) < 4.78 is 6.23. The van der Waals surface area contributed by atoms with Gasteiger partial charge in [0, 0.05) is 38.5 Å². The van der Waals surface area contributed by atoms with Crippen molar-refractivity contribution in [3.8, 4) is 6.07 Å². The number of carbonyl (C=O) groups is 1. The van der Waals surface area contributed by atoms with E-state index in [2.05, 4.69) is 41.2 Å². The molecule has 2 saturated heterocycles. The van der Waals surface area contributed by atoms with Gasteiger partial charge in [-0.25, -0.2) is 0 Å². The van der Waals surface area contributed by atoms with Gasteiger partial charge in [-0.3, -0.25) is 4.79 Å². The van der Waals surface area contributed by atoms with E-state index in [1.54, 1.807) is 0 Å². The van der Waals surface area contributed by atoms with Gasteiger partial charge in [-0.2, -0.15) is 5.26 Å². The van der Waals surface area contributed by atoms with Crippen molar-refractivity contribution in [1.29, 1.82) is 5.26 Å². The van der Waals surface area contributed by atoms with Crippen LogP contribution in [-0.4, -0.2) is 56.9 Å². The van der Waals surface area contributed by atoms with Gasteiger partial charge >= 0.3 is 0 Å². The Balaban J connectivity index is 1.77. The molecule has 0 radical (unpaired) electrons. The van der Waals surface area contributed by atoms with E-state index in [1.807, 2.05) is 0 Å². The Morgan fingerprint density at radius 2 is 2.12 bits per heavy atom. The number of rotatable bonds is 8. The van der Waals surface area contributed by atoms with E-state index < -0.39 is 12.1 Å². The van der Waals surface area contributed by atoms with Crippen molar-refractivity contribution in [2.75, 3.05) is 32.7 Å². The van der Waals surface area contributed by atoms with Crippen molar-refractivity contribution in [2.24, 2.45) is 28.7 Å². The molecule has 0 bridgehead atoms. The fourth-order valence-corrected chi connectivity index (χ4v) is 5.25. The van der Waals surface area contributed by atoms with Crippen LogP contribution < -0.4 is 32.7 Å². The molecule has 3 heterocycles. The van der Waals surface area contributed by atoms with E-state index in [1.165, 1.54) is 0 Å². The van der Waals surface area contributed by atoms with Gasteiger partial charge in [0.1, 0.15) is 11.9 Å². The number of amides is 1. The van der Waals surface area contributed by atoms with Gasteiger partial charge in [0.15, 0.2) is 0 Å². The minimum Gasteiger partial charge on any atom is -0.491 e. The molecule has 0 aromatic rings. The maximum Gasteiger partial charge on any atom is 0.231 e. The quantitative estimate of drug-likeness (QED) is 0.288. The molecule has 0 spiro atoms. The number of hydrogen-bond donors (Lipinski definition) is 6. The molecule has 0 aliphatic carbocycles. The van der Waals surface area contributed by atoms with Gasteiger partial charge < -0.3 is 37.5 Å². The fourth-order valence-electron chi connectivity index (χ4n) is 5.25. The first-order valence-electron chi connectivity index (χ1n) is 12.6. The Hall–Kier alpha value is -1.70. The van der Waals surface area contributed by atoms with Crippen molar-refractivity contribution in [3.05, 3.63) is 11.5 Å². The Bertz CT molecular complexity index is 729. The second-order valence-corrected chi connectivity index (χ2v) is 10.3. The average Bonchev–Trinajstić information content (AvgIpc) is 3.28. The molecule has 3 rings (SSSR count). The van der Waals surface area contributed by atoms with E-state index in [4.69, 9.17) is 16.2 Å². The molecule has 8 N–H and O–H groups in total. The van der Waals surface area contributed by atoms with Crippen LogP contribution in [0.3, 0.4) is 0 Å². The molecule has 9 heteroatoms. The van der Waals surface area contributed by atoms with Crippen LogP contribution in [0.2, 0.25) is 0 Å². The zero-order valence-electron chi connectivity index (χ0n) is 20.3. The van der Waals surface area contributed by atoms with Gasteiger partial charge in [0.05, 0.1) is 23.8 Å². The predicted octanol–water partition coefficient (Wildman–Crippen LogP) is 0.634. The number of nitrogens with zero attached hydrogens (tertiary/aromatic N) is 1. The zero-order valence-corrected chi connectivity index (χ0v) is 20.3. The second kappa shape index (κ2) is 12.1. The minimum atomic E-state index is -0.794. The number of carbonyl (C=O) groups excluding carboxylic acids is 1. The second-order valence-electron chi connectivity index (χ2n) is 10.3. The Kier molecular flexibility index (Phi) is 9.53. The highest BCUT2D eigenvalue weighted by molar-refractivity contribution is 5.82. The lowest BCUT2D eigenvalue weighted by Crippen LogP contribution is -2.58. The summed E-state index contributed by atoms with van der Waals surface area (Å²) in [6, 6.07) is 2.15. The van der Waals surface area contributed by atoms with E-state index >= 15 is 0 Å². The summed E-state index contributed by atoms with van der Waals surface area (Å²) in [5.41, 5.74) is 13.3. The zero-order chi connectivity index (χ0) is 23.8. The Morgan fingerprint density at radius 1 is 1.30 bits per heavy atom. The van der Waals surface area contributed by atoms with Gasteiger partial charge in [0.25, 0.3) is 0 Å². The molecule has 33 heavy (non-hydrogen) atoms. The van der Waals surface area contributed by atoms with Crippen molar-refractivity contribution in [2.45, 2.75) is 77.1 Å². The van der Waals surface area contributed by atoms with Crippen LogP contribution in [0.15, 0.2) is 11.5 Å². The maximum absolute atomic E-state index is 13.5. The summed E-state index contributed by atoms with van der Waals surface area (Å²) in [4.78, 5) is 13.5. The molecule has 5 atom stereocenters. The largest absolute Gasteiger partial charge is 0.491 e. The van der Waals surface area contributed by atoms with Crippen LogP contribution in [0, 0.1) is 28.6 Å². The monoisotopic (exact) mass is 461 g/mol. The molecule has 2 fully saturated rings. The predicted molar refractivity (Wildman–Crippen MR) is 128 cm³/mol. The highest BCUT2D eigenvalue weighted by Gasteiger charge is 2.39. The summed E-state index contributed by atoms with van der Waals surface area (Å²) in [7, 11) is 0. The summed E-state index contributed by atoms with van der Waals surface area (Å²) in [6.45, 7) is 8.33. The SMILES string of the molecule is CCC1(C)CCC(CC#N)CNC(C(C(=O)NC2=C(O[C@@H]3CCNC3)CCNC2)C(N)N)C1. The fraction of sp³-hybridized carbons (Fsp3) is 0.833. The number of nitrogens with two attached hydrogens (primary N) is 2. The smallest absolute Gasteiger partial charge is 0.231 e. The van der Waals surface area contributed by atoms with Gasteiger partial charge in [0.2, 0.25) is 5.91 Å². The summed E-state index contributed by atoms with van der Waals surface area (Å²) >= 11 is 0. The lowest BCUT2D eigenvalue weighted by molar-refractivity contribution is -0.126. The number of hydrogen-bond acceptors (Lipinski definition) is 8. The molecule has 186 valence electrons. The molecule has 0 aromatic heterocycles. The van der Waals surface area contributed by atoms with Crippen molar-refractivity contribution in [1.82, 2.24) is 21.3 Å². The first kappa shape index (κ1) is 25.9. The Morgan fingerprint density at radius 3 is 2.79 bits per heavy atom. The lowest BCUT2D eigenvalue weighted by Gasteiger charge is -2.41. The van der Waals surface area contributed by atoms with E-state index in [0.29, 0.717) is 19.5 Å². The summed E-state index contributed by atoms with van der Waals surface area (Å²) in [6.07, 6.45) is 5.45. The molecule has 3 aliphatic heterocycles. The molecular weight excluding hydrogens is 418 g/mol. The normalized spacial score (nSPS) is 32.1. The number of nitriles is 1. The summed E-state index contributed by atoms with van der Waals surface area (Å²) in [5, 5.41) is 22.6. The third-order valence-corrected chi connectivity index (χ3v) is 7.69. The topological polar surface area (TPSA) is 150 Å². The van der Waals surface area contributed by atoms with Crippen molar-refractivity contribution in [3.63, 3.8) is 0 Å². The van der Waals surface area contributed by atoms with Crippen LogP contribution in [0.25, 0.3) is 0 Å². The average molecular weight is 462 g/mol. The lowest BCUT2D eigenvalue weighted by atomic mass is 9.71. The molecule has 4 unspecified atom stereocenters. The molecular formula is C24H43N7O2. The first-order valence-corrected chi connectivity index (χ1v) is 12.6. The minimum absolute atomic E-state index is 0.0641. The number of ether oxygens (including phenoxy) is 1. The van der Waals surface area contributed by atoms with Gasteiger partial charge in [-0.15, -0.1) is 0 Å². The van der Waals surface area contributed by atoms with Crippen LogP contribution in [0.5, 0.6) is 0 Å². The number of nitrogens with one attached hydrogen (secondary N) is 4. The summed E-state index contributed by atoms with van der Waals surface area (Å²) in [5.74, 6) is 0.383. The van der Waals surface area contributed by atoms with E-state index in [9.17, 15) is 10.1 Å². The molecule has 3 aliphatic rings. The molecule has 9 nitrogen and oxygen atoms in total. The van der Waals surface area contributed by atoms with Crippen LogP contribution in [0.1, 0.15) is 58.8 Å². The van der Waals surface area contributed by atoms with Crippen LogP contribution >= 0.6 is 0 Å². The first-order chi connectivity index (χ1) is 15.8. The molecule has 0 aromatic carbocycles. The Labute approximate surface area is 198 Å². The molecule has 0 saturated carbocycles. The van der Waals surface area contributed by atoms with Crippen molar-refractivity contribution < 1.29 is 9.53 Å². The maximum atomic E-state index is 13.5. The standard InChI is InChI=1S/C24H43N7O2/c1-3-24(2)8-4-16(5-9-25)13-30-18(12-24)21(22(26)27)23(32)31-19-15-29-11-7-20(19)33-17-6-10-28-14-17/h16-18,21-22,28-30H,3-8,10-15,26-27H2,1-2H3,(H,31,32)/t16?,17-,18?,21?,24?/m1/s1. The van der Waals surface area contributed by atoms with Crippen molar-refractivity contribution >= 4 is 5.91 Å².